The topological polar surface area (TPSA) is 77.9 Å². The Kier molecular flexibility index (Phi) is 3.63. The SMILES string of the molecule is CC1(NC(=O)C2=CC=CC(=N)/C2=C\Nc2cccnc2)CC1. The molecule has 0 aliphatic heterocycles. The first-order valence-electron chi connectivity index (χ1n) is 7.24. The molecule has 5 heteroatoms. The third kappa shape index (κ3) is 3.14. The number of carbonyl (C=O) groups is 1. The molecule has 3 rings (SSSR count). The number of amides is 1. The number of carbonyl (C=O) groups excluding carboxylic acids is 1. The highest BCUT2D eigenvalue weighted by atomic mass is 16.1. The standard InChI is InChI=1S/C17H18N4O/c1-17(7-8-17)21-16(22)13-5-2-6-15(18)14(13)11-20-12-4-3-9-19-10-12/h2-6,9-11,18,20H,7-8H2,1H3,(H,21,22)/b14-11-,18-15?. The van der Waals surface area contributed by atoms with Gasteiger partial charge in [0.25, 0.3) is 5.91 Å². The van der Waals surface area contributed by atoms with Crippen LogP contribution < -0.4 is 10.6 Å². The van der Waals surface area contributed by atoms with Crippen molar-refractivity contribution in [3.05, 3.63) is 60.1 Å². The fourth-order valence-electron chi connectivity index (χ4n) is 2.18. The summed E-state index contributed by atoms with van der Waals surface area (Å²) in [4.78, 5) is 16.5. The molecule has 0 saturated heterocycles. The molecule has 1 saturated carbocycles. The Morgan fingerprint density at radius 2 is 2.27 bits per heavy atom. The van der Waals surface area contributed by atoms with Gasteiger partial charge < -0.3 is 16.0 Å². The quantitative estimate of drug-likeness (QED) is 0.798. The highest BCUT2D eigenvalue weighted by molar-refractivity contribution is 6.18. The highest BCUT2D eigenvalue weighted by Crippen LogP contribution is 2.35. The van der Waals surface area contributed by atoms with Gasteiger partial charge in [0, 0.05) is 23.5 Å². The average Bonchev–Trinajstić information content (AvgIpc) is 3.24. The van der Waals surface area contributed by atoms with Crippen LogP contribution in [0.15, 0.2) is 60.1 Å². The molecule has 22 heavy (non-hydrogen) atoms. The van der Waals surface area contributed by atoms with Crippen LogP contribution in [0.1, 0.15) is 19.8 Å². The van der Waals surface area contributed by atoms with E-state index in [1.54, 1.807) is 36.8 Å². The lowest BCUT2D eigenvalue weighted by Crippen LogP contribution is -2.36. The summed E-state index contributed by atoms with van der Waals surface area (Å²) in [5.41, 5.74) is 2.13. The van der Waals surface area contributed by atoms with E-state index < -0.39 is 0 Å². The van der Waals surface area contributed by atoms with Crippen LogP contribution in [0.5, 0.6) is 0 Å². The molecule has 1 amide bonds. The first kappa shape index (κ1) is 14.3. The van der Waals surface area contributed by atoms with Crippen LogP contribution in [0.25, 0.3) is 0 Å². The van der Waals surface area contributed by atoms with E-state index in [0.717, 1.165) is 18.5 Å². The van der Waals surface area contributed by atoms with Crippen molar-refractivity contribution < 1.29 is 4.79 Å². The summed E-state index contributed by atoms with van der Waals surface area (Å²) in [7, 11) is 0. The third-order valence-electron chi connectivity index (χ3n) is 3.81. The Morgan fingerprint density at radius 3 is 2.95 bits per heavy atom. The number of hydrogen-bond donors (Lipinski definition) is 3. The minimum atomic E-state index is -0.131. The second-order valence-electron chi connectivity index (χ2n) is 5.81. The van der Waals surface area contributed by atoms with Gasteiger partial charge in [0.15, 0.2) is 0 Å². The molecule has 1 heterocycles. The molecule has 112 valence electrons. The van der Waals surface area contributed by atoms with E-state index in [1.165, 1.54) is 0 Å². The van der Waals surface area contributed by atoms with Crippen LogP contribution in [0, 0.1) is 5.41 Å². The lowest BCUT2D eigenvalue weighted by atomic mass is 9.96. The van der Waals surface area contributed by atoms with Crippen molar-refractivity contribution in [2.24, 2.45) is 0 Å². The van der Waals surface area contributed by atoms with Crippen molar-refractivity contribution in [1.29, 1.82) is 5.41 Å². The van der Waals surface area contributed by atoms with Crippen molar-refractivity contribution in [2.75, 3.05) is 5.32 Å². The van der Waals surface area contributed by atoms with Gasteiger partial charge in [0.1, 0.15) is 0 Å². The fraction of sp³-hybridized carbons (Fsp3) is 0.235. The Balaban J connectivity index is 1.80. The molecular weight excluding hydrogens is 276 g/mol. The Morgan fingerprint density at radius 1 is 1.45 bits per heavy atom. The molecule has 2 aliphatic rings. The molecule has 0 radical (unpaired) electrons. The number of nitrogens with zero attached hydrogens (tertiary/aromatic N) is 1. The van der Waals surface area contributed by atoms with Crippen LogP contribution in [0.2, 0.25) is 0 Å². The van der Waals surface area contributed by atoms with E-state index in [4.69, 9.17) is 5.41 Å². The van der Waals surface area contributed by atoms with Gasteiger partial charge in [0.2, 0.25) is 0 Å². The average molecular weight is 294 g/mol. The summed E-state index contributed by atoms with van der Waals surface area (Å²) < 4.78 is 0. The minimum absolute atomic E-state index is 0.0802. The number of nitrogens with one attached hydrogen (secondary N) is 3. The van der Waals surface area contributed by atoms with Gasteiger partial charge in [-0.1, -0.05) is 6.08 Å². The Bertz CT molecular complexity index is 697. The number of pyridine rings is 1. The lowest BCUT2D eigenvalue weighted by molar-refractivity contribution is -0.118. The Labute approximate surface area is 129 Å². The molecule has 1 aromatic heterocycles. The minimum Gasteiger partial charge on any atom is -0.360 e. The zero-order chi connectivity index (χ0) is 15.6. The van der Waals surface area contributed by atoms with E-state index in [0.29, 0.717) is 16.9 Å². The molecule has 1 fully saturated rings. The summed E-state index contributed by atoms with van der Waals surface area (Å²) in [6.07, 6.45) is 12.2. The van der Waals surface area contributed by atoms with Crippen molar-refractivity contribution in [3.8, 4) is 0 Å². The first-order chi connectivity index (χ1) is 10.6. The van der Waals surface area contributed by atoms with Crippen LogP contribution >= 0.6 is 0 Å². The number of rotatable bonds is 4. The maximum Gasteiger partial charge on any atom is 0.252 e. The van der Waals surface area contributed by atoms with Gasteiger partial charge in [-0.2, -0.15) is 0 Å². The fourth-order valence-corrected chi connectivity index (χ4v) is 2.18. The summed E-state index contributed by atoms with van der Waals surface area (Å²) >= 11 is 0. The molecule has 0 aromatic carbocycles. The molecule has 0 atom stereocenters. The summed E-state index contributed by atoms with van der Waals surface area (Å²) in [6.45, 7) is 2.03. The maximum absolute atomic E-state index is 12.4. The third-order valence-corrected chi connectivity index (χ3v) is 3.81. The molecule has 0 spiro atoms. The van der Waals surface area contributed by atoms with Crippen molar-refractivity contribution in [2.45, 2.75) is 25.3 Å². The van der Waals surface area contributed by atoms with E-state index >= 15 is 0 Å². The predicted octanol–water partition coefficient (Wildman–Crippen LogP) is 2.56. The lowest BCUT2D eigenvalue weighted by Gasteiger charge is -2.18. The van der Waals surface area contributed by atoms with Crippen LogP contribution in [-0.4, -0.2) is 22.1 Å². The summed E-state index contributed by atoms with van der Waals surface area (Å²) in [5.74, 6) is -0.131. The predicted molar refractivity (Wildman–Crippen MR) is 86.7 cm³/mol. The van der Waals surface area contributed by atoms with Gasteiger partial charge in [-0.15, -0.1) is 0 Å². The monoisotopic (exact) mass is 294 g/mol. The van der Waals surface area contributed by atoms with Gasteiger partial charge >= 0.3 is 0 Å². The zero-order valence-electron chi connectivity index (χ0n) is 12.4. The van der Waals surface area contributed by atoms with Gasteiger partial charge in [-0.3, -0.25) is 9.78 Å². The number of anilines is 1. The molecular formula is C17H18N4O. The van der Waals surface area contributed by atoms with Crippen LogP contribution in [-0.2, 0) is 4.79 Å². The summed E-state index contributed by atoms with van der Waals surface area (Å²) in [5, 5.41) is 14.2. The van der Waals surface area contributed by atoms with Gasteiger partial charge in [-0.05, 0) is 44.1 Å². The second kappa shape index (κ2) is 5.60. The molecule has 5 nitrogen and oxygen atoms in total. The first-order valence-corrected chi connectivity index (χ1v) is 7.24. The molecule has 2 aliphatic carbocycles. The molecule has 3 N–H and O–H groups in total. The number of hydrogen-bond acceptors (Lipinski definition) is 4. The smallest absolute Gasteiger partial charge is 0.252 e. The molecule has 0 bridgehead atoms. The normalized spacial score (nSPS) is 20.5. The van der Waals surface area contributed by atoms with Crippen LogP contribution in [0.4, 0.5) is 5.69 Å². The van der Waals surface area contributed by atoms with Gasteiger partial charge in [-0.25, -0.2) is 0 Å². The largest absolute Gasteiger partial charge is 0.360 e. The van der Waals surface area contributed by atoms with E-state index in [9.17, 15) is 4.79 Å². The van der Waals surface area contributed by atoms with E-state index in [2.05, 4.69) is 15.6 Å². The van der Waals surface area contributed by atoms with Crippen molar-refractivity contribution >= 4 is 17.3 Å². The van der Waals surface area contributed by atoms with Gasteiger partial charge in [0.05, 0.1) is 23.2 Å². The second-order valence-corrected chi connectivity index (χ2v) is 5.81. The summed E-state index contributed by atoms with van der Waals surface area (Å²) in [6, 6.07) is 3.70. The van der Waals surface area contributed by atoms with E-state index in [-0.39, 0.29) is 11.4 Å². The number of allylic oxidation sites excluding steroid dienone is 3. The van der Waals surface area contributed by atoms with E-state index in [1.807, 2.05) is 19.1 Å². The molecule has 1 aromatic rings. The van der Waals surface area contributed by atoms with Crippen LogP contribution in [0.3, 0.4) is 0 Å². The molecule has 0 unspecified atom stereocenters. The maximum atomic E-state index is 12.4. The van der Waals surface area contributed by atoms with Crippen molar-refractivity contribution in [3.63, 3.8) is 0 Å². The van der Waals surface area contributed by atoms with Crippen molar-refractivity contribution in [1.82, 2.24) is 10.3 Å². The highest BCUT2D eigenvalue weighted by Gasteiger charge is 2.39. The zero-order valence-corrected chi connectivity index (χ0v) is 12.4. The Hall–Kier alpha value is -2.69. The number of aromatic nitrogens is 1.